The number of unbranched alkanes of at least 4 members (excludes halogenated alkanes) is 1. The molecule has 0 fully saturated rings. The molecule has 1 aromatic rings. The van der Waals surface area contributed by atoms with E-state index in [-0.39, 0.29) is 0 Å². The number of hydrogen-bond acceptors (Lipinski definition) is 1. The largest absolute Gasteiger partial charge is 0.258 e. The molecule has 1 nitrogen and oxygen atoms in total. The zero-order valence-electron chi connectivity index (χ0n) is 9.80. The van der Waals surface area contributed by atoms with Crippen molar-refractivity contribution in [3.63, 3.8) is 0 Å². The maximum atomic E-state index is 4.59. The van der Waals surface area contributed by atoms with Gasteiger partial charge in [-0.3, -0.25) is 4.98 Å². The summed E-state index contributed by atoms with van der Waals surface area (Å²) in [7, 11) is 0. The molecule has 14 heavy (non-hydrogen) atoms. The van der Waals surface area contributed by atoms with Gasteiger partial charge < -0.3 is 0 Å². The van der Waals surface area contributed by atoms with Crippen molar-refractivity contribution in [2.75, 3.05) is 0 Å². The van der Waals surface area contributed by atoms with Crippen LogP contribution in [0.2, 0.25) is 0 Å². The van der Waals surface area contributed by atoms with Crippen molar-refractivity contribution in [3.05, 3.63) is 29.1 Å². The maximum Gasteiger partial charge on any atom is 0.0437 e. The second-order valence-corrected chi connectivity index (χ2v) is 4.25. The normalized spacial score (nSPS) is 12.9. The molecule has 0 spiro atoms. The van der Waals surface area contributed by atoms with E-state index < -0.39 is 0 Å². The van der Waals surface area contributed by atoms with Gasteiger partial charge in [-0.1, -0.05) is 26.7 Å². The van der Waals surface area contributed by atoms with E-state index >= 15 is 0 Å². The minimum atomic E-state index is 0.605. The molecular formula is C13H21N. The smallest absolute Gasteiger partial charge is 0.0437 e. The monoisotopic (exact) mass is 191 g/mol. The number of nitrogens with zero attached hydrogens (tertiary/aromatic N) is 1. The predicted molar refractivity (Wildman–Crippen MR) is 61.7 cm³/mol. The van der Waals surface area contributed by atoms with Gasteiger partial charge in [0.1, 0.15) is 0 Å². The first kappa shape index (κ1) is 11.2. The Bertz CT molecular complexity index is 271. The Morgan fingerprint density at radius 1 is 1.29 bits per heavy atom. The summed E-state index contributed by atoms with van der Waals surface area (Å²) in [5.41, 5.74) is 3.73. The first-order valence-electron chi connectivity index (χ1n) is 5.58. The van der Waals surface area contributed by atoms with Crippen LogP contribution in [0.3, 0.4) is 0 Å². The van der Waals surface area contributed by atoms with Crippen molar-refractivity contribution in [2.24, 2.45) is 0 Å². The van der Waals surface area contributed by atoms with Crippen LogP contribution in [-0.2, 0) is 0 Å². The Morgan fingerprint density at radius 3 is 2.57 bits per heavy atom. The average Bonchev–Trinajstić information content (AvgIpc) is 2.12. The molecule has 0 amide bonds. The molecule has 0 saturated heterocycles. The van der Waals surface area contributed by atoms with Crippen molar-refractivity contribution in [1.29, 1.82) is 0 Å². The summed E-state index contributed by atoms with van der Waals surface area (Å²) in [4.78, 5) is 4.59. The molecule has 1 aromatic heterocycles. The molecule has 1 atom stereocenters. The molecule has 78 valence electrons. The SMILES string of the molecule is CCCCC(C)c1cc(C)cc(C)n1. The molecule has 1 heteroatoms. The molecule has 1 rings (SSSR count). The summed E-state index contributed by atoms with van der Waals surface area (Å²) in [6.07, 6.45) is 3.83. The fourth-order valence-corrected chi connectivity index (χ4v) is 1.78. The van der Waals surface area contributed by atoms with Crippen LogP contribution in [-0.4, -0.2) is 4.98 Å². The van der Waals surface area contributed by atoms with Crippen LogP contribution in [0.15, 0.2) is 12.1 Å². The first-order chi connectivity index (χ1) is 6.63. The van der Waals surface area contributed by atoms with E-state index in [1.807, 2.05) is 0 Å². The molecule has 0 aliphatic rings. The zero-order chi connectivity index (χ0) is 10.6. The second kappa shape index (κ2) is 5.14. The number of pyridine rings is 1. The standard InChI is InChI=1S/C13H21N/c1-5-6-7-11(3)13-9-10(2)8-12(4)14-13/h8-9,11H,5-7H2,1-4H3. The Kier molecular flexibility index (Phi) is 4.12. The van der Waals surface area contributed by atoms with Gasteiger partial charge in [0.15, 0.2) is 0 Å². The molecule has 1 heterocycles. The third-order valence-corrected chi connectivity index (χ3v) is 2.61. The van der Waals surface area contributed by atoms with E-state index in [1.165, 1.54) is 30.5 Å². The van der Waals surface area contributed by atoms with E-state index in [0.29, 0.717) is 5.92 Å². The number of aryl methyl sites for hydroxylation is 2. The fraction of sp³-hybridized carbons (Fsp3) is 0.615. The van der Waals surface area contributed by atoms with Gasteiger partial charge in [-0.15, -0.1) is 0 Å². The van der Waals surface area contributed by atoms with Gasteiger partial charge in [-0.05, 0) is 43.9 Å². The van der Waals surface area contributed by atoms with Gasteiger partial charge in [0, 0.05) is 11.4 Å². The lowest BCUT2D eigenvalue weighted by atomic mass is 9.99. The van der Waals surface area contributed by atoms with Crippen molar-refractivity contribution >= 4 is 0 Å². The highest BCUT2D eigenvalue weighted by atomic mass is 14.7. The molecule has 0 radical (unpaired) electrons. The summed E-state index contributed by atoms with van der Waals surface area (Å²) in [5, 5.41) is 0. The van der Waals surface area contributed by atoms with Crippen molar-refractivity contribution < 1.29 is 0 Å². The topological polar surface area (TPSA) is 12.9 Å². The average molecular weight is 191 g/mol. The van der Waals surface area contributed by atoms with Crippen LogP contribution in [0.25, 0.3) is 0 Å². The minimum absolute atomic E-state index is 0.605. The summed E-state index contributed by atoms with van der Waals surface area (Å²) in [5.74, 6) is 0.605. The van der Waals surface area contributed by atoms with E-state index in [0.717, 1.165) is 5.69 Å². The summed E-state index contributed by atoms with van der Waals surface area (Å²) in [6.45, 7) is 8.73. The van der Waals surface area contributed by atoms with Crippen LogP contribution in [0, 0.1) is 13.8 Å². The van der Waals surface area contributed by atoms with Crippen LogP contribution in [0.5, 0.6) is 0 Å². The Morgan fingerprint density at radius 2 is 2.00 bits per heavy atom. The summed E-state index contributed by atoms with van der Waals surface area (Å²) >= 11 is 0. The molecule has 0 N–H and O–H groups in total. The Labute approximate surface area is 87.6 Å². The summed E-state index contributed by atoms with van der Waals surface area (Å²) < 4.78 is 0. The molecular weight excluding hydrogens is 170 g/mol. The Balaban J connectivity index is 2.73. The van der Waals surface area contributed by atoms with Crippen molar-refractivity contribution in [2.45, 2.75) is 52.9 Å². The van der Waals surface area contributed by atoms with Crippen LogP contribution in [0.1, 0.15) is 56.0 Å². The van der Waals surface area contributed by atoms with E-state index in [2.05, 4.69) is 44.8 Å². The number of rotatable bonds is 4. The van der Waals surface area contributed by atoms with Gasteiger partial charge >= 0.3 is 0 Å². The third-order valence-electron chi connectivity index (χ3n) is 2.61. The fourth-order valence-electron chi connectivity index (χ4n) is 1.78. The van der Waals surface area contributed by atoms with E-state index in [9.17, 15) is 0 Å². The number of aromatic nitrogens is 1. The Hall–Kier alpha value is -0.850. The maximum absolute atomic E-state index is 4.59. The van der Waals surface area contributed by atoms with Gasteiger partial charge in [0.25, 0.3) is 0 Å². The van der Waals surface area contributed by atoms with Crippen LogP contribution < -0.4 is 0 Å². The highest BCUT2D eigenvalue weighted by Gasteiger charge is 2.07. The zero-order valence-corrected chi connectivity index (χ0v) is 9.80. The third kappa shape index (κ3) is 3.13. The van der Waals surface area contributed by atoms with Crippen molar-refractivity contribution in [1.82, 2.24) is 4.98 Å². The lowest BCUT2D eigenvalue weighted by Crippen LogP contribution is -1.99. The lowest BCUT2D eigenvalue weighted by Gasteiger charge is -2.11. The van der Waals surface area contributed by atoms with Gasteiger partial charge in [-0.2, -0.15) is 0 Å². The molecule has 0 bridgehead atoms. The van der Waals surface area contributed by atoms with E-state index in [1.54, 1.807) is 0 Å². The minimum Gasteiger partial charge on any atom is -0.258 e. The number of hydrogen-bond donors (Lipinski definition) is 0. The predicted octanol–water partition coefficient (Wildman–Crippen LogP) is 3.99. The molecule has 0 aliphatic heterocycles. The second-order valence-electron chi connectivity index (χ2n) is 4.25. The highest BCUT2D eigenvalue weighted by Crippen LogP contribution is 2.20. The first-order valence-corrected chi connectivity index (χ1v) is 5.58. The quantitative estimate of drug-likeness (QED) is 0.701. The summed E-state index contributed by atoms with van der Waals surface area (Å²) in [6, 6.07) is 4.35. The lowest BCUT2D eigenvalue weighted by molar-refractivity contribution is 0.609. The molecule has 0 aliphatic carbocycles. The molecule has 1 unspecified atom stereocenters. The van der Waals surface area contributed by atoms with Gasteiger partial charge in [0.2, 0.25) is 0 Å². The highest BCUT2D eigenvalue weighted by molar-refractivity contribution is 5.21. The molecule has 0 saturated carbocycles. The van der Waals surface area contributed by atoms with Crippen LogP contribution >= 0.6 is 0 Å². The van der Waals surface area contributed by atoms with Gasteiger partial charge in [-0.25, -0.2) is 0 Å². The van der Waals surface area contributed by atoms with Gasteiger partial charge in [0.05, 0.1) is 0 Å². The molecule has 0 aromatic carbocycles. The van der Waals surface area contributed by atoms with E-state index in [4.69, 9.17) is 0 Å². The van der Waals surface area contributed by atoms with Crippen LogP contribution in [0.4, 0.5) is 0 Å². The van der Waals surface area contributed by atoms with Crippen molar-refractivity contribution in [3.8, 4) is 0 Å².